The smallest absolute Gasteiger partial charge is 0.278 e. The lowest BCUT2D eigenvalue weighted by Crippen LogP contribution is -2.29. The van der Waals surface area contributed by atoms with Gasteiger partial charge in [-0.05, 0) is 44.0 Å². The number of carbonyl (C=O) groups is 1. The number of thiazole rings is 1. The monoisotopic (exact) mass is 386 g/mol. The van der Waals surface area contributed by atoms with Crippen LogP contribution in [0.25, 0.3) is 10.8 Å². The van der Waals surface area contributed by atoms with Crippen molar-refractivity contribution in [3.63, 3.8) is 0 Å². The fourth-order valence-corrected chi connectivity index (χ4v) is 4.31. The maximum absolute atomic E-state index is 12.7. The van der Waals surface area contributed by atoms with E-state index in [2.05, 4.69) is 20.5 Å². The Kier molecular flexibility index (Phi) is 4.78. The topological polar surface area (TPSA) is 80.9 Å². The zero-order valence-corrected chi connectivity index (χ0v) is 16.1. The Balaban J connectivity index is 1.57. The van der Waals surface area contributed by atoms with Crippen molar-refractivity contribution in [3.05, 3.63) is 46.6 Å². The minimum atomic E-state index is -0.422. The second kappa shape index (κ2) is 7.20. The van der Waals surface area contributed by atoms with Crippen LogP contribution >= 0.6 is 23.1 Å². The molecule has 2 aromatic heterocycles. The lowest BCUT2D eigenvalue weighted by atomic mass is 10.1. The van der Waals surface area contributed by atoms with Crippen LogP contribution in [-0.2, 0) is 4.79 Å². The van der Waals surface area contributed by atoms with Gasteiger partial charge in [-0.1, -0.05) is 30.3 Å². The number of aryl methyl sites for hydroxylation is 2. The van der Waals surface area contributed by atoms with Crippen LogP contribution < -0.4 is 5.32 Å². The Morgan fingerprint density at radius 2 is 2.04 bits per heavy atom. The molecule has 1 aromatic carbocycles. The normalized spacial score (nSPS) is 15.0. The summed E-state index contributed by atoms with van der Waals surface area (Å²) in [7, 11) is 0. The van der Waals surface area contributed by atoms with Gasteiger partial charge in [0.2, 0.25) is 5.91 Å². The van der Waals surface area contributed by atoms with E-state index < -0.39 is 5.25 Å². The largest absolute Gasteiger partial charge is 0.410 e. The first kappa shape index (κ1) is 17.2. The van der Waals surface area contributed by atoms with Gasteiger partial charge >= 0.3 is 0 Å². The Morgan fingerprint density at radius 1 is 1.27 bits per heavy atom. The van der Waals surface area contributed by atoms with E-state index in [1.807, 2.05) is 44.2 Å². The molecule has 0 bridgehead atoms. The van der Waals surface area contributed by atoms with Crippen LogP contribution in [0.3, 0.4) is 0 Å². The fraction of sp³-hybridized carbons (Fsp3) is 0.333. The van der Waals surface area contributed by atoms with Crippen LogP contribution in [0, 0.1) is 13.8 Å². The van der Waals surface area contributed by atoms with Crippen LogP contribution in [0.5, 0.6) is 0 Å². The molecule has 1 unspecified atom stereocenters. The van der Waals surface area contributed by atoms with Gasteiger partial charge in [0.25, 0.3) is 11.1 Å². The molecule has 2 heterocycles. The Morgan fingerprint density at radius 3 is 2.69 bits per heavy atom. The van der Waals surface area contributed by atoms with Crippen molar-refractivity contribution in [1.29, 1.82) is 0 Å². The molecule has 4 rings (SSSR count). The first-order valence-corrected chi connectivity index (χ1v) is 10.1. The number of amides is 1. The molecule has 0 radical (unpaired) electrons. The van der Waals surface area contributed by atoms with Crippen molar-refractivity contribution >= 4 is 29.0 Å². The lowest BCUT2D eigenvalue weighted by Gasteiger charge is -2.14. The van der Waals surface area contributed by atoms with Gasteiger partial charge in [-0.3, -0.25) is 4.79 Å². The van der Waals surface area contributed by atoms with Gasteiger partial charge in [0.15, 0.2) is 0 Å². The third kappa shape index (κ3) is 3.81. The van der Waals surface area contributed by atoms with Crippen molar-refractivity contribution in [3.8, 4) is 10.8 Å². The van der Waals surface area contributed by atoms with Crippen molar-refractivity contribution in [1.82, 2.24) is 20.5 Å². The van der Waals surface area contributed by atoms with E-state index in [0.29, 0.717) is 17.2 Å². The Bertz CT molecular complexity index is 918. The summed E-state index contributed by atoms with van der Waals surface area (Å²) in [5.41, 5.74) is 1.79. The molecule has 0 aliphatic heterocycles. The molecule has 1 fully saturated rings. The summed E-state index contributed by atoms with van der Waals surface area (Å²) in [6.45, 7) is 3.87. The van der Waals surface area contributed by atoms with Gasteiger partial charge < -0.3 is 9.73 Å². The molecule has 1 amide bonds. The van der Waals surface area contributed by atoms with Gasteiger partial charge in [0, 0.05) is 6.04 Å². The molecule has 8 heteroatoms. The predicted molar refractivity (Wildman–Crippen MR) is 101 cm³/mol. The number of hydrogen-bond acceptors (Lipinski definition) is 7. The molecule has 0 saturated heterocycles. The molecule has 3 aromatic rings. The minimum absolute atomic E-state index is 0.0201. The maximum atomic E-state index is 12.7. The van der Waals surface area contributed by atoms with Gasteiger partial charge in [0.1, 0.15) is 10.1 Å². The second-order valence-electron chi connectivity index (χ2n) is 6.21. The molecular formula is C18H18N4O2S2. The molecule has 1 aliphatic rings. The Labute approximate surface area is 159 Å². The van der Waals surface area contributed by atoms with E-state index in [1.165, 1.54) is 23.1 Å². The van der Waals surface area contributed by atoms with Crippen LogP contribution in [0.1, 0.15) is 34.4 Å². The SMILES string of the molecule is Cc1nc(C)c(-c2nnc(SC(C(=O)NC3CC3)c3ccccc3)o2)s1. The summed E-state index contributed by atoms with van der Waals surface area (Å²) >= 11 is 2.80. The highest BCUT2D eigenvalue weighted by Gasteiger charge is 2.30. The third-order valence-corrected chi connectivity index (χ3v) is 6.14. The number of nitrogens with zero attached hydrogens (tertiary/aromatic N) is 3. The van der Waals surface area contributed by atoms with Crippen molar-refractivity contribution < 1.29 is 9.21 Å². The molecule has 1 aliphatic carbocycles. The van der Waals surface area contributed by atoms with Crippen LogP contribution in [0.15, 0.2) is 40.0 Å². The Hall–Kier alpha value is -2.19. The minimum Gasteiger partial charge on any atom is -0.410 e. The number of aromatic nitrogens is 3. The second-order valence-corrected chi connectivity index (χ2v) is 8.47. The quantitative estimate of drug-likeness (QED) is 0.647. The first-order chi connectivity index (χ1) is 12.6. The van der Waals surface area contributed by atoms with E-state index in [0.717, 1.165) is 34.0 Å². The molecule has 6 nitrogen and oxygen atoms in total. The van der Waals surface area contributed by atoms with E-state index in [9.17, 15) is 4.79 Å². The molecule has 134 valence electrons. The molecular weight excluding hydrogens is 368 g/mol. The van der Waals surface area contributed by atoms with Gasteiger partial charge in [-0.25, -0.2) is 4.98 Å². The number of rotatable bonds is 6. The molecule has 0 spiro atoms. The van der Waals surface area contributed by atoms with Gasteiger partial charge in [-0.2, -0.15) is 0 Å². The van der Waals surface area contributed by atoms with Crippen molar-refractivity contribution in [2.75, 3.05) is 0 Å². The fourth-order valence-electron chi connectivity index (χ4n) is 2.59. The zero-order chi connectivity index (χ0) is 18.1. The third-order valence-electron chi connectivity index (χ3n) is 3.99. The molecule has 1 N–H and O–H groups in total. The van der Waals surface area contributed by atoms with E-state index in [-0.39, 0.29) is 5.91 Å². The summed E-state index contributed by atoms with van der Waals surface area (Å²) < 4.78 is 5.82. The maximum Gasteiger partial charge on any atom is 0.278 e. The number of benzene rings is 1. The van der Waals surface area contributed by atoms with Gasteiger partial charge in [0.05, 0.1) is 10.7 Å². The zero-order valence-electron chi connectivity index (χ0n) is 14.4. The van der Waals surface area contributed by atoms with Crippen LogP contribution in [0.4, 0.5) is 0 Å². The van der Waals surface area contributed by atoms with Crippen LogP contribution in [-0.4, -0.2) is 27.1 Å². The first-order valence-electron chi connectivity index (χ1n) is 8.40. The summed E-state index contributed by atoms with van der Waals surface area (Å²) in [6.07, 6.45) is 2.10. The highest BCUT2D eigenvalue weighted by atomic mass is 32.2. The average Bonchev–Trinajstić information content (AvgIpc) is 3.21. The number of hydrogen-bond donors (Lipinski definition) is 1. The van der Waals surface area contributed by atoms with Gasteiger partial charge in [-0.15, -0.1) is 21.5 Å². The van der Waals surface area contributed by atoms with E-state index in [4.69, 9.17) is 4.42 Å². The lowest BCUT2D eigenvalue weighted by molar-refractivity contribution is -0.120. The van der Waals surface area contributed by atoms with Crippen molar-refractivity contribution in [2.24, 2.45) is 0 Å². The standard InChI is InChI=1S/C18H18N4O2S2/c1-10-14(25-11(2)19-10)17-21-22-18(24-17)26-15(12-6-4-3-5-7-12)16(23)20-13-8-9-13/h3-7,13,15H,8-9H2,1-2H3,(H,20,23). The summed E-state index contributed by atoms with van der Waals surface area (Å²) in [5.74, 6) is 0.429. The predicted octanol–water partition coefficient (Wildman–Crippen LogP) is 3.92. The number of nitrogens with one attached hydrogen (secondary N) is 1. The number of carbonyl (C=O) groups excluding carboxylic acids is 1. The average molecular weight is 387 g/mol. The molecule has 1 saturated carbocycles. The number of thioether (sulfide) groups is 1. The van der Waals surface area contributed by atoms with E-state index in [1.54, 1.807) is 0 Å². The molecule has 1 atom stereocenters. The van der Waals surface area contributed by atoms with E-state index >= 15 is 0 Å². The van der Waals surface area contributed by atoms with Crippen LogP contribution in [0.2, 0.25) is 0 Å². The summed E-state index contributed by atoms with van der Waals surface area (Å²) in [4.78, 5) is 18.0. The highest BCUT2D eigenvalue weighted by molar-refractivity contribution is 8.00. The molecule has 26 heavy (non-hydrogen) atoms. The highest BCUT2D eigenvalue weighted by Crippen LogP contribution is 2.38. The summed E-state index contributed by atoms with van der Waals surface area (Å²) in [6, 6.07) is 9.97. The van der Waals surface area contributed by atoms with Crippen molar-refractivity contribution in [2.45, 2.75) is 43.2 Å². The summed E-state index contributed by atoms with van der Waals surface area (Å²) in [5, 5.41) is 12.3.